The molecule has 0 aromatic heterocycles. The van der Waals surface area contributed by atoms with E-state index in [4.69, 9.17) is 20.5 Å². The summed E-state index contributed by atoms with van der Waals surface area (Å²) in [7, 11) is 0. The number of carbonyl (C=O) groups excluding carboxylic acids is 2. The summed E-state index contributed by atoms with van der Waals surface area (Å²) in [6.07, 6.45) is 7.77. The normalized spacial score (nSPS) is 17.2. The number of nitrogens with zero attached hydrogens (tertiary/aromatic N) is 1. The Hall–Kier alpha value is -2.24. The van der Waals surface area contributed by atoms with Gasteiger partial charge in [0.25, 0.3) is 5.91 Å². The third-order valence-corrected chi connectivity index (χ3v) is 5.46. The Morgan fingerprint density at radius 1 is 1.26 bits per heavy atom. The summed E-state index contributed by atoms with van der Waals surface area (Å²) in [6.45, 7) is 18.0. The molecule has 35 heavy (non-hydrogen) atoms. The summed E-state index contributed by atoms with van der Waals surface area (Å²) >= 11 is 6.77. The molecule has 1 fully saturated rings. The van der Waals surface area contributed by atoms with E-state index in [9.17, 15) is 14.0 Å². The minimum Gasteiger partial charge on any atom is -0.491 e. The van der Waals surface area contributed by atoms with Crippen molar-refractivity contribution in [3.8, 4) is 0 Å². The van der Waals surface area contributed by atoms with Crippen LogP contribution in [0.15, 0.2) is 84.5 Å². The zero-order chi connectivity index (χ0) is 25.5. The molecule has 1 saturated heterocycles. The van der Waals surface area contributed by atoms with Gasteiger partial charge in [-0.25, -0.2) is 8.70 Å². The highest BCUT2D eigenvalue weighted by Gasteiger charge is 2.35. The highest BCUT2D eigenvalue weighted by atomic mass is 35.5. The Morgan fingerprint density at radius 2 is 1.97 bits per heavy atom. The second-order valence-electron chi connectivity index (χ2n) is 7.31. The van der Waals surface area contributed by atoms with E-state index < -0.39 is 5.83 Å². The van der Waals surface area contributed by atoms with Crippen LogP contribution in [-0.2, 0) is 18.5 Å². The number of hydrogen-bond donors (Lipinski definition) is 2. The molecule has 1 heterocycles. The van der Waals surface area contributed by atoms with Crippen molar-refractivity contribution in [3.63, 3.8) is 0 Å². The molecule has 2 amide bonds. The van der Waals surface area contributed by atoms with Crippen LogP contribution >= 0.6 is 37.3 Å². The van der Waals surface area contributed by atoms with Gasteiger partial charge < -0.3 is 15.4 Å². The fourth-order valence-corrected chi connectivity index (χ4v) is 3.10. The van der Waals surface area contributed by atoms with Gasteiger partial charge in [0, 0.05) is 25.2 Å². The van der Waals surface area contributed by atoms with Gasteiger partial charge >= 0.3 is 0 Å². The zero-order valence-corrected chi connectivity index (χ0v) is 22.4. The topological polar surface area (TPSA) is 79.7 Å². The highest BCUT2D eigenvalue weighted by Crippen LogP contribution is 2.28. The first-order valence-corrected chi connectivity index (χ1v) is 11.5. The molecule has 0 aromatic rings. The van der Waals surface area contributed by atoms with Crippen molar-refractivity contribution < 1.29 is 22.9 Å². The molecule has 2 unspecified atom stereocenters. The Kier molecular flexibility index (Phi) is 16.9. The second-order valence-corrected chi connectivity index (χ2v) is 8.57. The minimum atomic E-state index is -0.763. The predicted molar refractivity (Wildman–Crippen MR) is 147 cm³/mol. The molecule has 2 N–H and O–H groups in total. The molecule has 0 bridgehead atoms. The fourth-order valence-electron chi connectivity index (χ4n) is 2.26. The maximum atomic E-state index is 12.6. The molecule has 11 heteroatoms. The Morgan fingerprint density at radius 3 is 2.63 bits per heavy atom. The highest BCUT2D eigenvalue weighted by molar-refractivity contribution is 7.92. The Labute approximate surface area is 223 Å². The van der Waals surface area contributed by atoms with Gasteiger partial charge in [0.1, 0.15) is 5.83 Å². The van der Waals surface area contributed by atoms with Gasteiger partial charge in [-0.15, -0.1) is 0 Å². The smallest absolute Gasteiger partial charge is 0.257 e. The molecule has 194 valence electrons. The summed E-state index contributed by atoms with van der Waals surface area (Å²) in [5, 5.41) is 5.29. The lowest BCUT2D eigenvalue weighted by atomic mass is 10.2. The molecular weight excluding hydrogens is 513 g/mol. The van der Waals surface area contributed by atoms with Crippen molar-refractivity contribution in [3.05, 3.63) is 84.5 Å². The van der Waals surface area contributed by atoms with E-state index in [0.29, 0.717) is 25.1 Å². The Balaban J connectivity index is 0.0000116. The van der Waals surface area contributed by atoms with Gasteiger partial charge in [0.05, 0.1) is 36.2 Å². The van der Waals surface area contributed by atoms with Crippen LogP contribution in [-0.4, -0.2) is 55.0 Å². The SMILES string of the molecule is C=C/C(C)=C\C(=C)COSN1CC1CNC(=O)C(=C)CCNC(=O)CO/C=C/C=C(/Cl)C(=C)F.S. The lowest BCUT2D eigenvalue weighted by Crippen LogP contribution is -2.32. The van der Waals surface area contributed by atoms with Crippen LogP contribution in [0.1, 0.15) is 13.3 Å². The first kappa shape index (κ1) is 32.8. The van der Waals surface area contributed by atoms with Crippen LogP contribution in [0.5, 0.6) is 0 Å². The molecule has 0 radical (unpaired) electrons. The number of halogens is 2. The summed E-state index contributed by atoms with van der Waals surface area (Å²) in [4.78, 5) is 23.9. The van der Waals surface area contributed by atoms with E-state index in [2.05, 4.69) is 36.9 Å². The average molecular weight is 546 g/mol. The van der Waals surface area contributed by atoms with E-state index in [1.54, 1.807) is 6.08 Å². The van der Waals surface area contributed by atoms with Gasteiger partial charge in [0.15, 0.2) is 6.61 Å². The van der Waals surface area contributed by atoms with Crippen molar-refractivity contribution in [2.45, 2.75) is 19.4 Å². The number of nitrogens with one attached hydrogen (secondary N) is 2. The summed E-state index contributed by atoms with van der Waals surface area (Å²) in [5.74, 6) is -1.39. The van der Waals surface area contributed by atoms with E-state index in [-0.39, 0.29) is 49.5 Å². The van der Waals surface area contributed by atoms with Crippen LogP contribution < -0.4 is 10.6 Å². The number of amides is 2. The van der Waals surface area contributed by atoms with Crippen LogP contribution in [0.3, 0.4) is 0 Å². The fraction of sp³-hybridized carbons (Fsp3) is 0.333. The molecule has 7 nitrogen and oxygen atoms in total. The monoisotopic (exact) mass is 545 g/mol. The van der Waals surface area contributed by atoms with E-state index in [1.165, 1.54) is 30.6 Å². The summed E-state index contributed by atoms with van der Waals surface area (Å²) in [5.41, 5.74) is 2.24. The van der Waals surface area contributed by atoms with Crippen molar-refractivity contribution in [2.24, 2.45) is 0 Å². The van der Waals surface area contributed by atoms with Crippen LogP contribution in [0.4, 0.5) is 4.39 Å². The third kappa shape index (κ3) is 15.4. The average Bonchev–Trinajstić information content (AvgIpc) is 3.54. The van der Waals surface area contributed by atoms with E-state index in [0.717, 1.165) is 17.7 Å². The van der Waals surface area contributed by atoms with Crippen LogP contribution in [0.25, 0.3) is 0 Å². The third-order valence-electron chi connectivity index (χ3n) is 4.27. The standard InChI is InChI=1S/C24H31ClFN3O4S.H2S/c1-6-17(2)12-18(3)15-33-34-29-14-21(29)13-28-24(31)19(4)9-10-27-23(30)16-32-11-7-8-22(25)20(5)26;/h6-8,11-12,21H,1,3-5,9-10,13-16H2,2H3,(H,27,30)(H,28,31);1H2/b11-7+,17-12-,22-8+;. The maximum absolute atomic E-state index is 12.6. The zero-order valence-electron chi connectivity index (χ0n) is 19.8. The van der Waals surface area contributed by atoms with E-state index in [1.807, 2.05) is 17.3 Å². The largest absolute Gasteiger partial charge is 0.491 e. The first-order chi connectivity index (χ1) is 16.1. The van der Waals surface area contributed by atoms with Gasteiger partial charge in [-0.1, -0.05) is 55.6 Å². The van der Waals surface area contributed by atoms with Gasteiger partial charge in [-0.2, -0.15) is 13.5 Å². The molecule has 0 spiro atoms. The predicted octanol–water partition coefficient (Wildman–Crippen LogP) is 4.37. The molecule has 1 aliphatic rings. The molecule has 0 aromatic carbocycles. The van der Waals surface area contributed by atoms with Gasteiger partial charge in [-0.05, 0) is 31.1 Å². The van der Waals surface area contributed by atoms with Gasteiger partial charge in [-0.3, -0.25) is 13.8 Å². The number of allylic oxidation sites excluding steroid dienone is 6. The minimum absolute atomic E-state index is 0. The number of ether oxygens (including phenoxy) is 1. The molecule has 0 aliphatic carbocycles. The maximum Gasteiger partial charge on any atom is 0.257 e. The van der Waals surface area contributed by atoms with Gasteiger partial charge in [0.2, 0.25) is 5.91 Å². The summed E-state index contributed by atoms with van der Waals surface area (Å²) in [6, 6.07) is 0.193. The van der Waals surface area contributed by atoms with Crippen molar-refractivity contribution in [2.75, 3.05) is 32.8 Å². The Bertz CT molecular complexity index is 890. The van der Waals surface area contributed by atoms with Crippen molar-refractivity contribution >= 4 is 49.1 Å². The molecule has 1 aliphatic heterocycles. The lowest BCUT2D eigenvalue weighted by molar-refractivity contribution is -0.124. The van der Waals surface area contributed by atoms with Crippen LogP contribution in [0, 0.1) is 0 Å². The first-order valence-electron chi connectivity index (χ1n) is 10.4. The second kappa shape index (κ2) is 18.1. The molecule has 1 rings (SSSR count). The molecule has 2 atom stereocenters. The lowest BCUT2D eigenvalue weighted by Gasteiger charge is -2.09. The quantitative estimate of drug-likeness (QED) is 0.0706. The number of hydrogen-bond acceptors (Lipinski definition) is 6. The molecular formula is C24H33ClFN3O4S2. The number of carbonyl (C=O) groups is 2. The van der Waals surface area contributed by atoms with E-state index >= 15 is 0 Å². The number of rotatable bonds is 17. The van der Waals surface area contributed by atoms with Crippen molar-refractivity contribution in [1.82, 2.24) is 14.9 Å². The molecule has 0 saturated carbocycles. The van der Waals surface area contributed by atoms with Crippen molar-refractivity contribution in [1.29, 1.82) is 0 Å². The van der Waals surface area contributed by atoms with Crippen LogP contribution in [0.2, 0.25) is 0 Å². The summed E-state index contributed by atoms with van der Waals surface area (Å²) < 4.78 is 25.2.